The molecule has 130 valence electrons. The standard InChI is InChI=1S/C18H24N2O3S/c1-4-20(18(21)13(2)19)11-14-7-8-16(17(10-14)22-3)23-12-15-6-5-9-24-15/h5-10,13H,4,11-12,19H2,1-3H3/t13-/m1/s1. The molecular formula is C18H24N2O3S. The summed E-state index contributed by atoms with van der Waals surface area (Å²) < 4.78 is 11.3. The van der Waals surface area contributed by atoms with Crippen LogP contribution in [0, 0.1) is 0 Å². The summed E-state index contributed by atoms with van der Waals surface area (Å²) in [7, 11) is 1.61. The van der Waals surface area contributed by atoms with Gasteiger partial charge in [-0.05, 0) is 43.0 Å². The van der Waals surface area contributed by atoms with E-state index < -0.39 is 6.04 Å². The number of methoxy groups -OCH3 is 1. The number of hydrogen-bond donors (Lipinski definition) is 1. The molecule has 0 bridgehead atoms. The smallest absolute Gasteiger partial charge is 0.239 e. The van der Waals surface area contributed by atoms with Gasteiger partial charge in [0.05, 0.1) is 13.2 Å². The summed E-state index contributed by atoms with van der Waals surface area (Å²) in [5.74, 6) is 1.29. The molecule has 6 heteroatoms. The van der Waals surface area contributed by atoms with Crippen molar-refractivity contribution in [3.8, 4) is 11.5 Å². The van der Waals surface area contributed by atoms with Gasteiger partial charge in [0.1, 0.15) is 6.61 Å². The minimum Gasteiger partial charge on any atom is -0.493 e. The van der Waals surface area contributed by atoms with Gasteiger partial charge in [-0.15, -0.1) is 11.3 Å². The molecule has 0 aliphatic rings. The summed E-state index contributed by atoms with van der Waals surface area (Å²) in [5.41, 5.74) is 6.68. The van der Waals surface area contributed by atoms with E-state index in [1.54, 1.807) is 30.3 Å². The van der Waals surface area contributed by atoms with Gasteiger partial charge in [-0.2, -0.15) is 0 Å². The lowest BCUT2D eigenvalue weighted by atomic mass is 10.1. The Bertz CT molecular complexity index is 656. The molecule has 0 radical (unpaired) electrons. The van der Waals surface area contributed by atoms with Crippen LogP contribution in [-0.4, -0.2) is 30.5 Å². The predicted molar refractivity (Wildman–Crippen MR) is 96.4 cm³/mol. The molecule has 24 heavy (non-hydrogen) atoms. The first-order valence-electron chi connectivity index (χ1n) is 7.91. The summed E-state index contributed by atoms with van der Waals surface area (Å²) in [6.45, 7) is 5.26. The fourth-order valence-electron chi connectivity index (χ4n) is 2.33. The average molecular weight is 348 g/mol. The lowest BCUT2D eigenvalue weighted by Gasteiger charge is -2.23. The van der Waals surface area contributed by atoms with Gasteiger partial charge in [-0.1, -0.05) is 12.1 Å². The number of carbonyl (C=O) groups excluding carboxylic acids is 1. The number of rotatable bonds is 8. The Morgan fingerprint density at radius 1 is 1.33 bits per heavy atom. The van der Waals surface area contributed by atoms with E-state index in [-0.39, 0.29) is 5.91 Å². The van der Waals surface area contributed by atoms with Crippen LogP contribution in [-0.2, 0) is 17.9 Å². The normalized spacial score (nSPS) is 11.8. The Morgan fingerprint density at radius 3 is 2.71 bits per heavy atom. The Kier molecular flexibility index (Phi) is 6.63. The van der Waals surface area contributed by atoms with Crippen LogP contribution in [0.3, 0.4) is 0 Å². The minimum atomic E-state index is -0.500. The van der Waals surface area contributed by atoms with Crippen LogP contribution < -0.4 is 15.2 Å². The van der Waals surface area contributed by atoms with Crippen molar-refractivity contribution in [2.75, 3.05) is 13.7 Å². The van der Waals surface area contributed by atoms with Gasteiger partial charge >= 0.3 is 0 Å². The molecule has 5 nitrogen and oxygen atoms in total. The van der Waals surface area contributed by atoms with Gasteiger partial charge in [0.15, 0.2) is 11.5 Å². The van der Waals surface area contributed by atoms with Crippen LogP contribution in [0.1, 0.15) is 24.3 Å². The van der Waals surface area contributed by atoms with E-state index in [0.717, 1.165) is 10.4 Å². The van der Waals surface area contributed by atoms with Crippen molar-refractivity contribution in [3.63, 3.8) is 0 Å². The lowest BCUT2D eigenvalue weighted by Crippen LogP contribution is -2.41. The number of amides is 1. The first-order chi connectivity index (χ1) is 11.5. The van der Waals surface area contributed by atoms with Crippen LogP contribution in [0.5, 0.6) is 11.5 Å². The molecule has 0 saturated heterocycles. The van der Waals surface area contributed by atoms with E-state index in [9.17, 15) is 4.79 Å². The molecule has 1 heterocycles. The molecule has 2 rings (SSSR count). The topological polar surface area (TPSA) is 64.8 Å². The number of carbonyl (C=O) groups is 1. The third-order valence-electron chi connectivity index (χ3n) is 3.63. The highest BCUT2D eigenvalue weighted by molar-refractivity contribution is 7.09. The highest BCUT2D eigenvalue weighted by Gasteiger charge is 2.17. The van der Waals surface area contributed by atoms with Crippen LogP contribution in [0.25, 0.3) is 0 Å². The molecule has 2 aromatic rings. The third kappa shape index (κ3) is 4.72. The van der Waals surface area contributed by atoms with Crippen molar-refractivity contribution in [2.24, 2.45) is 5.73 Å². The molecule has 1 amide bonds. The predicted octanol–water partition coefficient (Wildman–Crippen LogP) is 3.03. The van der Waals surface area contributed by atoms with Crippen molar-refractivity contribution in [2.45, 2.75) is 33.0 Å². The van der Waals surface area contributed by atoms with E-state index in [2.05, 4.69) is 0 Å². The van der Waals surface area contributed by atoms with Crippen molar-refractivity contribution in [1.29, 1.82) is 0 Å². The summed E-state index contributed by atoms with van der Waals surface area (Å²) in [6, 6.07) is 9.26. The number of likely N-dealkylation sites (N-methyl/N-ethyl adjacent to an activating group) is 1. The maximum Gasteiger partial charge on any atom is 0.239 e. The maximum atomic E-state index is 12.1. The molecule has 1 aromatic carbocycles. The number of benzene rings is 1. The SMILES string of the molecule is CCN(Cc1ccc(OCc2cccs2)c(OC)c1)C(=O)[C@@H](C)N. The first kappa shape index (κ1) is 18.3. The van der Waals surface area contributed by atoms with Gasteiger partial charge in [0.2, 0.25) is 5.91 Å². The van der Waals surface area contributed by atoms with Gasteiger partial charge in [-0.3, -0.25) is 4.79 Å². The second-order valence-corrected chi connectivity index (χ2v) is 6.53. The highest BCUT2D eigenvalue weighted by Crippen LogP contribution is 2.29. The Morgan fingerprint density at radius 2 is 2.12 bits per heavy atom. The van der Waals surface area contributed by atoms with Crippen LogP contribution in [0.15, 0.2) is 35.7 Å². The fourth-order valence-corrected chi connectivity index (χ4v) is 2.94. The maximum absolute atomic E-state index is 12.1. The highest BCUT2D eigenvalue weighted by atomic mass is 32.1. The van der Waals surface area contributed by atoms with Crippen LogP contribution in [0.4, 0.5) is 0 Å². The number of nitrogens with two attached hydrogens (primary N) is 1. The summed E-state index contributed by atoms with van der Waals surface area (Å²) in [4.78, 5) is 15.0. The zero-order valence-electron chi connectivity index (χ0n) is 14.3. The lowest BCUT2D eigenvalue weighted by molar-refractivity contribution is -0.132. The first-order valence-corrected chi connectivity index (χ1v) is 8.79. The van der Waals surface area contributed by atoms with E-state index in [0.29, 0.717) is 31.2 Å². The van der Waals surface area contributed by atoms with E-state index >= 15 is 0 Å². The Labute approximate surface area is 147 Å². The summed E-state index contributed by atoms with van der Waals surface area (Å²) in [5, 5.41) is 2.02. The second-order valence-electron chi connectivity index (χ2n) is 5.49. The summed E-state index contributed by atoms with van der Waals surface area (Å²) in [6.07, 6.45) is 0. The summed E-state index contributed by atoms with van der Waals surface area (Å²) >= 11 is 1.65. The van der Waals surface area contributed by atoms with E-state index in [4.69, 9.17) is 15.2 Å². The fraction of sp³-hybridized carbons (Fsp3) is 0.389. The number of thiophene rings is 1. The van der Waals surface area contributed by atoms with Gasteiger partial charge in [0.25, 0.3) is 0 Å². The second kappa shape index (κ2) is 8.70. The largest absolute Gasteiger partial charge is 0.493 e. The quantitative estimate of drug-likeness (QED) is 0.796. The minimum absolute atomic E-state index is 0.0607. The average Bonchev–Trinajstić information content (AvgIpc) is 3.11. The molecule has 0 fully saturated rings. The zero-order valence-corrected chi connectivity index (χ0v) is 15.1. The van der Waals surface area contributed by atoms with Crippen molar-refractivity contribution in [1.82, 2.24) is 4.90 Å². The molecular weight excluding hydrogens is 324 g/mol. The number of nitrogens with zero attached hydrogens (tertiary/aromatic N) is 1. The van der Waals surface area contributed by atoms with E-state index in [1.165, 1.54) is 0 Å². The van der Waals surface area contributed by atoms with Crippen LogP contribution in [0.2, 0.25) is 0 Å². The van der Waals surface area contributed by atoms with Crippen molar-refractivity contribution < 1.29 is 14.3 Å². The molecule has 1 atom stereocenters. The van der Waals surface area contributed by atoms with E-state index in [1.807, 2.05) is 42.6 Å². The van der Waals surface area contributed by atoms with Gasteiger partial charge in [-0.25, -0.2) is 0 Å². The number of ether oxygens (including phenoxy) is 2. The Balaban J connectivity index is 2.08. The Hall–Kier alpha value is -2.05. The third-order valence-corrected chi connectivity index (χ3v) is 4.48. The number of hydrogen-bond acceptors (Lipinski definition) is 5. The van der Waals surface area contributed by atoms with Gasteiger partial charge in [0, 0.05) is 18.0 Å². The van der Waals surface area contributed by atoms with Crippen LogP contribution >= 0.6 is 11.3 Å². The molecule has 0 saturated carbocycles. The van der Waals surface area contributed by atoms with Crippen molar-refractivity contribution >= 4 is 17.2 Å². The zero-order chi connectivity index (χ0) is 17.5. The molecule has 0 aliphatic carbocycles. The van der Waals surface area contributed by atoms with Gasteiger partial charge < -0.3 is 20.1 Å². The molecule has 0 spiro atoms. The monoisotopic (exact) mass is 348 g/mol. The molecule has 0 aliphatic heterocycles. The molecule has 1 aromatic heterocycles. The van der Waals surface area contributed by atoms with Crippen molar-refractivity contribution in [3.05, 3.63) is 46.2 Å². The molecule has 2 N–H and O–H groups in total. The molecule has 0 unspecified atom stereocenters.